The molecule has 0 fully saturated rings. The number of hydrogen-bond acceptors (Lipinski definition) is 4. The Kier molecular flexibility index (Phi) is 6.33. The van der Waals surface area contributed by atoms with Gasteiger partial charge >= 0.3 is 11.8 Å². The van der Waals surface area contributed by atoms with Crippen LogP contribution in [0.15, 0.2) is 53.6 Å². The van der Waals surface area contributed by atoms with E-state index in [1.54, 1.807) is 12.1 Å². The highest BCUT2D eigenvalue weighted by Crippen LogP contribution is 2.27. The summed E-state index contributed by atoms with van der Waals surface area (Å²) in [5.74, 6) is -1.36. The lowest BCUT2D eigenvalue weighted by molar-refractivity contribution is -0.136. The van der Waals surface area contributed by atoms with Gasteiger partial charge in [-0.25, -0.2) is 5.43 Å². The first-order valence-corrected chi connectivity index (χ1v) is 7.48. The van der Waals surface area contributed by atoms with E-state index in [4.69, 9.17) is 16.3 Å². The van der Waals surface area contributed by atoms with Gasteiger partial charge in [0.2, 0.25) is 0 Å². The van der Waals surface area contributed by atoms with E-state index >= 15 is 0 Å². The summed E-state index contributed by atoms with van der Waals surface area (Å²) >= 11 is 5.87. The van der Waals surface area contributed by atoms with Crippen molar-refractivity contribution in [1.82, 2.24) is 5.43 Å². The molecule has 0 saturated carbocycles. The summed E-state index contributed by atoms with van der Waals surface area (Å²) in [6.07, 6.45) is 2.06. The van der Waals surface area contributed by atoms with Crippen molar-refractivity contribution >= 4 is 35.3 Å². The topological polar surface area (TPSA) is 79.8 Å². The maximum Gasteiger partial charge on any atom is 0.329 e. The van der Waals surface area contributed by atoms with E-state index in [0.717, 1.165) is 5.56 Å². The fraction of sp³-hybridized carbons (Fsp3) is 0.118. The Balaban J connectivity index is 1.88. The van der Waals surface area contributed by atoms with Crippen LogP contribution in [0.1, 0.15) is 5.56 Å². The van der Waals surface area contributed by atoms with Crippen molar-refractivity contribution < 1.29 is 14.3 Å². The molecule has 0 heterocycles. The summed E-state index contributed by atoms with van der Waals surface area (Å²) in [6.45, 7) is 0. The van der Waals surface area contributed by atoms with E-state index in [1.165, 1.54) is 19.4 Å². The number of hydrazone groups is 1. The molecule has 2 N–H and O–H groups in total. The van der Waals surface area contributed by atoms with Gasteiger partial charge in [-0.2, -0.15) is 5.10 Å². The first-order chi connectivity index (χ1) is 11.6. The number of hydrogen-bond donors (Lipinski definition) is 2. The Labute approximate surface area is 144 Å². The van der Waals surface area contributed by atoms with Crippen molar-refractivity contribution in [2.24, 2.45) is 5.10 Å². The highest BCUT2D eigenvalue weighted by molar-refractivity contribution is 6.40. The van der Waals surface area contributed by atoms with Gasteiger partial charge in [-0.15, -0.1) is 0 Å². The minimum atomic E-state index is -0.888. The first kappa shape index (κ1) is 17.5. The number of carbonyl (C=O) groups is 2. The number of nitrogens with zero attached hydrogens (tertiary/aromatic N) is 1. The Bertz CT molecular complexity index is 748. The standard InChI is InChI=1S/C17H16ClN3O3/c1-24-15-8-7-13(18)11-14(15)20-16(22)17(23)21-19-10-9-12-5-3-2-4-6-12/h2-8,10-11H,9H2,1H3,(H,20,22)(H,21,23)/b19-10+. The Morgan fingerprint density at radius 2 is 1.92 bits per heavy atom. The lowest BCUT2D eigenvalue weighted by Crippen LogP contribution is -2.32. The quantitative estimate of drug-likeness (QED) is 0.496. The second-order valence-corrected chi connectivity index (χ2v) is 5.18. The second-order valence-electron chi connectivity index (χ2n) is 4.74. The van der Waals surface area contributed by atoms with E-state index in [2.05, 4.69) is 15.8 Å². The van der Waals surface area contributed by atoms with Gasteiger partial charge in [0, 0.05) is 17.7 Å². The smallest absolute Gasteiger partial charge is 0.329 e. The molecule has 0 aromatic heterocycles. The molecule has 0 spiro atoms. The van der Waals surface area contributed by atoms with Crippen LogP contribution in [-0.2, 0) is 16.0 Å². The number of halogens is 1. The second kappa shape index (κ2) is 8.69. The van der Waals surface area contributed by atoms with E-state index in [0.29, 0.717) is 22.9 Å². The average Bonchev–Trinajstić information content (AvgIpc) is 2.59. The van der Waals surface area contributed by atoms with Crippen molar-refractivity contribution in [3.63, 3.8) is 0 Å². The number of anilines is 1. The third-order valence-electron chi connectivity index (χ3n) is 3.04. The molecule has 0 aliphatic heterocycles. The highest BCUT2D eigenvalue weighted by Gasteiger charge is 2.15. The number of ether oxygens (including phenoxy) is 1. The van der Waals surface area contributed by atoms with Crippen molar-refractivity contribution in [2.75, 3.05) is 12.4 Å². The lowest BCUT2D eigenvalue weighted by Gasteiger charge is -2.09. The van der Waals surface area contributed by atoms with Gasteiger partial charge in [-0.3, -0.25) is 9.59 Å². The normalized spacial score (nSPS) is 10.4. The molecule has 2 aromatic rings. The maximum absolute atomic E-state index is 11.9. The van der Waals surface area contributed by atoms with Crippen molar-refractivity contribution in [3.8, 4) is 5.75 Å². The van der Waals surface area contributed by atoms with Gasteiger partial charge in [0.1, 0.15) is 5.75 Å². The zero-order valence-electron chi connectivity index (χ0n) is 13.0. The number of methoxy groups -OCH3 is 1. The summed E-state index contributed by atoms with van der Waals surface area (Å²) in [7, 11) is 1.45. The summed E-state index contributed by atoms with van der Waals surface area (Å²) in [6, 6.07) is 14.3. The fourth-order valence-corrected chi connectivity index (χ4v) is 2.05. The molecule has 6 nitrogen and oxygen atoms in total. The SMILES string of the molecule is COc1ccc(Cl)cc1NC(=O)C(=O)N/N=C/Cc1ccccc1. The largest absolute Gasteiger partial charge is 0.495 e. The van der Waals surface area contributed by atoms with Gasteiger partial charge in [0.05, 0.1) is 12.8 Å². The molecule has 7 heteroatoms. The zero-order valence-corrected chi connectivity index (χ0v) is 13.7. The summed E-state index contributed by atoms with van der Waals surface area (Å²) < 4.78 is 5.09. The summed E-state index contributed by atoms with van der Waals surface area (Å²) in [4.78, 5) is 23.6. The van der Waals surface area contributed by atoms with Gasteiger partial charge in [0.15, 0.2) is 0 Å². The monoisotopic (exact) mass is 345 g/mol. The van der Waals surface area contributed by atoms with Gasteiger partial charge in [-0.1, -0.05) is 41.9 Å². The molecule has 0 aliphatic carbocycles. The van der Waals surface area contributed by atoms with Gasteiger partial charge in [0.25, 0.3) is 0 Å². The van der Waals surface area contributed by atoms with Crippen molar-refractivity contribution in [2.45, 2.75) is 6.42 Å². The number of amides is 2. The van der Waals surface area contributed by atoms with Crippen LogP contribution in [0.3, 0.4) is 0 Å². The van der Waals surface area contributed by atoms with E-state index in [-0.39, 0.29) is 0 Å². The highest BCUT2D eigenvalue weighted by atomic mass is 35.5. The number of carbonyl (C=O) groups excluding carboxylic acids is 2. The van der Waals surface area contributed by atoms with Gasteiger partial charge < -0.3 is 10.1 Å². The first-order valence-electron chi connectivity index (χ1n) is 7.10. The van der Waals surface area contributed by atoms with Crippen LogP contribution in [0.2, 0.25) is 5.02 Å². The Hall–Kier alpha value is -2.86. The third-order valence-corrected chi connectivity index (χ3v) is 3.28. The molecule has 0 radical (unpaired) electrons. The molecule has 2 aromatic carbocycles. The lowest BCUT2D eigenvalue weighted by atomic mass is 10.2. The third kappa shape index (κ3) is 5.10. The van der Waals surface area contributed by atoms with Crippen LogP contribution in [0, 0.1) is 0 Å². The molecule has 124 valence electrons. The predicted octanol–water partition coefficient (Wildman–Crippen LogP) is 2.63. The summed E-state index contributed by atoms with van der Waals surface area (Å²) in [5.41, 5.74) is 3.52. The Morgan fingerprint density at radius 1 is 1.17 bits per heavy atom. The van der Waals surface area contributed by atoms with E-state index in [9.17, 15) is 9.59 Å². The number of benzene rings is 2. The molecule has 0 saturated heterocycles. The molecule has 0 unspecified atom stereocenters. The minimum Gasteiger partial charge on any atom is -0.495 e. The molecule has 0 bridgehead atoms. The molecule has 2 rings (SSSR count). The van der Waals surface area contributed by atoms with Crippen LogP contribution in [0.4, 0.5) is 5.69 Å². The number of nitrogens with one attached hydrogen (secondary N) is 2. The molecule has 2 amide bonds. The van der Waals surface area contributed by atoms with Crippen LogP contribution < -0.4 is 15.5 Å². The number of rotatable bonds is 5. The molecule has 24 heavy (non-hydrogen) atoms. The summed E-state index contributed by atoms with van der Waals surface area (Å²) in [5, 5.41) is 6.58. The van der Waals surface area contributed by atoms with E-state index in [1.807, 2.05) is 30.3 Å². The van der Waals surface area contributed by atoms with Crippen molar-refractivity contribution in [3.05, 3.63) is 59.1 Å². The predicted molar refractivity (Wildman–Crippen MR) is 93.4 cm³/mol. The van der Waals surface area contributed by atoms with Crippen molar-refractivity contribution in [1.29, 1.82) is 0 Å². The maximum atomic E-state index is 11.9. The fourth-order valence-electron chi connectivity index (χ4n) is 1.88. The van der Waals surface area contributed by atoms with Crippen LogP contribution >= 0.6 is 11.6 Å². The average molecular weight is 346 g/mol. The van der Waals surface area contributed by atoms with Gasteiger partial charge in [-0.05, 0) is 23.8 Å². The van der Waals surface area contributed by atoms with Crippen LogP contribution in [0.5, 0.6) is 5.75 Å². The van der Waals surface area contributed by atoms with Crippen LogP contribution in [-0.4, -0.2) is 25.1 Å². The van der Waals surface area contributed by atoms with E-state index < -0.39 is 11.8 Å². The molecular weight excluding hydrogens is 330 g/mol. The minimum absolute atomic E-state index is 0.304. The molecule has 0 aliphatic rings. The molecule has 0 atom stereocenters. The zero-order chi connectivity index (χ0) is 17.4. The van der Waals surface area contributed by atoms with Crippen LogP contribution in [0.25, 0.3) is 0 Å². The molecular formula is C17H16ClN3O3. The Morgan fingerprint density at radius 3 is 2.62 bits per heavy atom.